The van der Waals surface area contributed by atoms with E-state index in [1.807, 2.05) is 0 Å². The number of hydrogen-bond acceptors (Lipinski definition) is 1. The van der Waals surface area contributed by atoms with Crippen molar-refractivity contribution < 1.29 is 0 Å². The van der Waals surface area contributed by atoms with Crippen molar-refractivity contribution in [3.05, 3.63) is 12.3 Å². The summed E-state index contributed by atoms with van der Waals surface area (Å²) in [4.78, 5) is 0. The van der Waals surface area contributed by atoms with Crippen LogP contribution in [0, 0.1) is 0 Å². The molecule has 1 atom stereocenters. The molecule has 1 saturated heterocycles. The maximum atomic E-state index is 5.57. The van der Waals surface area contributed by atoms with E-state index in [0.29, 0.717) is 5.04 Å². The first-order valence-electron chi connectivity index (χ1n) is 7.07. The molecule has 1 heterocycles. The molecule has 2 heteroatoms. The molecule has 0 aliphatic carbocycles. The molecule has 1 nitrogen and oxygen atoms in total. The molecular formula is C14H29NSi. The zero-order valence-corrected chi connectivity index (χ0v) is 12.4. The van der Waals surface area contributed by atoms with E-state index in [-0.39, 0.29) is 0 Å². The molecule has 1 unspecified atom stereocenters. The Bertz CT molecular complexity index is 233. The van der Waals surface area contributed by atoms with Crippen LogP contribution >= 0.6 is 0 Å². The van der Waals surface area contributed by atoms with Crippen LogP contribution in [-0.4, -0.2) is 8.07 Å². The van der Waals surface area contributed by atoms with E-state index < -0.39 is 8.07 Å². The van der Waals surface area contributed by atoms with Crippen LogP contribution in [0.15, 0.2) is 12.3 Å². The van der Waals surface area contributed by atoms with Crippen LogP contribution in [0.5, 0.6) is 0 Å². The fourth-order valence-electron chi connectivity index (χ4n) is 4.12. The lowest BCUT2D eigenvalue weighted by atomic mass is 9.93. The largest absolute Gasteiger partial charge is 0.405 e. The van der Waals surface area contributed by atoms with E-state index >= 15 is 0 Å². The first-order chi connectivity index (χ1) is 7.70. The van der Waals surface area contributed by atoms with Gasteiger partial charge in [0.1, 0.15) is 0 Å². The van der Waals surface area contributed by atoms with Crippen molar-refractivity contribution in [1.82, 2.24) is 0 Å². The second kappa shape index (κ2) is 5.90. The number of allylic oxidation sites excluding steroid dienone is 1. The zero-order valence-electron chi connectivity index (χ0n) is 11.4. The van der Waals surface area contributed by atoms with Crippen molar-refractivity contribution in [1.29, 1.82) is 0 Å². The number of nitrogens with two attached hydrogens (primary N) is 1. The molecule has 0 aromatic carbocycles. The van der Waals surface area contributed by atoms with Gasteiger partial charge in [-0.1, -0.05) is 64.2 Å². The predicted molar refractivity (Wildman–Crippen MR) is 76.3 cm³/mol. The van der Waals surface area contributed by atoms with E-state index in [1.54, 1.807) is 12.2 Å². The summed E-state index contributed by atoms with van der Waals surface area (Å²) in [6, 6.07) is 4.50. The lowest BCUT2D eigenvalue weighted by Crippen LogP contribution is -2.48. The highest BCUT2D eigenvalue weighted by molar-refractivity contribution is 6.82. The predicted octanol–water partition coefficient (Wildman–Crippen LogP) is 4.67. The summed E-state index contributed by atoms with van der Waals surface area (Å²) < 4.78 is 0. The van der Waals surface area contributed by atoms with E-state index in [1.165, 1.54) is 44.2 Å². The lowest BCUT2D eigenvalue weighted by Gasteiger charge is -2.52. The number of rotatable bonds is 5. The first kappa shape index (κ1) is 13.8. The van der Waals surface area contributed by atoms with Gasteiger partial charge >= 0.3 is 0 Å². The average Bonchev–Trinajstić information content (AvgIpc) is 2.36. The fraction of sp³-hybridized carbons (Fsp3) is 0.857. The molecule has 0 aromatic rings. The van der Waals surface area contributed by atoms with Gasteiger partial charge in [0.05, 0.1) is 8.07 Å². The molecule has 94 valence electrons. The quantitative estimate of drug-likeness (QED) is 0.693. The Labute approximate surface area is 103 Å². The lowest BCUT2D eigenvalue weighted by molar-refractivity contribution is 0.423. The zero-order chi connectivity index (χ0) is 12.1. The summed E-state index contributed by atoms with van der Waals surface area (Å²) in [5, 5.41) is 0.657. The Hall–Kier alpha value is -0.243. The highest BCUT2D eigenvalue weighted by Crippen LogP contribution is 2.57. The Morgan fingerprint density at radius 2 is 1.88 bits per heavy atom. The summed E-state index contributed by atoms with van der Waals surface area (Å²) in [6.07, 6.45) is 11.0. The molecule has 0 bridgehead atoms. The highest BCUT2D eigenvalue weighted by atomic mass is 28.3. The van der Waals surface area contributed by atoms with Gasteiger partial charge in [0, 0.05) is 0 Å². The van der Waals surface area contributed by atoms with Crippen LogP contribution in [0.4, 0.5) is 0 Å². The molecule has 0 aromatic heterocycles. The second-order valence-corrected chi connectivity index (χ2v) is 11.0. The van der Waals surface area contributed by atoms with E-state index in [9.17, 15) is 0 Å². The Morgan fingerprint density at radius 1 is 1.19 bits per heavy atom. The van der Waals surface area contributed by atoms with Crippen LogP contribution in [-0.2, 0) is 0 Å². The molecular weight excluding hydrogens is 210 g/mol. The Morgan fingerprint density at radius 3 is 2.38 bits per heavy atom. The molecule has 1 aliphatic rings. The van der Waals surface area contributed by atoms with Gasteiger partial charge in [0.25, 0.3) is 0 Å². The van der Waals surface area contributed by atoms with Crippen molar-refractivity contribution in [2.75, 3.05) is 0 Å². The minimum atomic E-state index is -1.05. The SMILES string of the molecule is CCC1(CC=CN)CCCC[Si]1(CC)CC. The van der Waals surface area contributed by atoms with Crippen molar-refractivity contribution in [2.45, 2.75) is 76.0 Å². The van der Waals surface area contributed by atoms with Gasteiger partial charge in [-0.25, -0.2) is 0 Å². The van der Waals surface area contributed by atoms with Gasteiger partial charge in [-0.05, 0) is 24.1 Å². The third kappa shape index (κ3) is 2.22. The van der Waals surface area contributed by atoms with Gasteiger partial charge < -0.3 is 5.73 Å². The Balaban J connectivity index is 2.99. The van der Waals surface area contributed by atoms with Crippen LogP contribution < -0.4 is 5.73 Å². The standard InChI is InChI=1S/C14H29NSi/c1-4-14(11-9-12-15)10-7-8-13-16(14,5-2)6-3/h9,12H,4-8,10-11,13,15H2,1-3H3. The molecule has 1 fully saturated rings. The second-order valence-electron chi connectivity index (χ2n) is 5.46. The van der Waals surface area contributed by atoms with Crippen LogP contribution in [0.1, 0.15) is 52.9 Å². The molecule has 16 heavy (non-hydrogen) atoms. The highest BCUT2D eigenvalue weighted by Gasteiger charge is 2.49. The third-order valence-electron chi connectivity index (χ3n) is 5.36. The van der Waals surface area contributed by atoms with Gasteiger partial charge in [-0.15, -0.1) is 0 Å². The van der Waals surface area contributed by atoms with Crippen molar-refractivity contribution in [3.63, 3.8) is 0 Å². The van der Waals surface area contributed by atoms with Crippen LogP contribution in [0.25, 0.3) is 0 Å². The maximum absolute atomic E-state index is 5.57. The van der Waals surface area contributed by atoms with Crippen molar-refractivity contribution in [3.8, 4) is 0 Å². The van der Waals surface area contributed by atoms with E-state index in [2.05, 4.69) is 26.8 Å². The number of hydrogen-bond donors (Lipinski definition) is 1. The van der Waals surface area contributed by atoms with E-state index in [4.69, 9.17) is 5.73 Å². The molecule has 1 aliphatic heterocycles. The van der Waals surface area contributed by atoms with Crippen molar-refractivity contribution in [2.24, 2.45) is 5.73 Å². The van der Waals surface area contributed by atoms with Gasteiger partial charge in [-0.3, -0.25) is 0 Å². The molecule has 0 amide bonds. The normalized spacial score (nSPS) is 29.7. The fourth-order valence-corrected chi connectivity index (χ4v) is 10.3. The maximum Gasteiger partial charge on any atom is 0.0595 e. The van der Waals surface area contributed by atoms with E-state index in [0.717, 1.165) is 0 Å². The molecule has 0 spiro atoms. The molecule has 0 saturated carbocycles. The first-order valence-corrected chi connectivity index (χ1v) is 9.69. The molecule has 2 N–H and O–H groups in total. The summed E-state index contributed by atoms with van der Waals surface area (Å²) in [6.45, 7) is 7.29. The summed E-state index contributed by atoms with van der Waals surface area (Å²) in [7, 11) is -1.05. The van der Waals surface area contributed by atoms with Gasteiger partial charge in [-0.2, -0.15) is 0 Å². The topological polar surface area (TPSA) is 26.0 Å². The molecule has 1 rings (SSSR count). The average molecular weight is 239 g/mol. The van der Waals surface area contributed by atoms with Gasteiger partial charge in [0.15, 0.2) is 0 Å². The van der Waals surface area contributed by atoms with Crippen LogP contribution in [0.2, 0.25) is 23.2 Å². The summed E-state index contributed by atoms with van der Waals surface area (Å²) >= 11 is 0. The van der Waals surface area contributed by atoms with Gasteiger partial charge in [0.2, 0.25) is 0 Å². The monoisotopic (exact) mass is 239 g/mol. The Kier molecular flexibility index (Phi) is 5.10. The van der Waals surface area contributed by atoms with Crippen molar-refractivity contribution >= 4 is 8.07 Å². The summed E-state index contributed by atoms with van der Waals surface area (Å²) in [5.74, 6) is 0. The smallest absolute Gasteiger partial charge is 0.0595 e. The minimum Gasteiger partial charge on any atom is -0.405 e. The summed E-state index contributed by atoms with van der Waals surface area (Å²) in [5.41, 5.74) is 5.57. The molecule has 0 radical (unpaired) electrons. The third-order valence-corrected chi connectivity index (χ3v) is 12.4. The minimum absolute atomic E-state index is 0.657. The van der Waals surface area contributed by atoms with Crippen LogP contribution in [0.3, 0.4) is 0 Å².